The van der Waals surface area contributed by atoms with Crippen LogP contribution in [0, 0.1) is 5.92 Å². The minimum absolute atomic E-state index is 0.0500. The first kappa shape index (κ1) is 22.2. The number of aromatic nitrogens is 3. The van der Waals surface area contributed by atoms with E-state index in [0.717, 1.165) is 48.5 Å². The van der Waals surface area contributed by atoms with E-state index in [0.29, 0.717) is 6.04 Å². The third-order valence-corrected chi connectivity index (χ3v) is 7.43. The summed E-state index contributed by atoms with van der Waals surface area (Å²) < 4.78 is 2.30. The number of hydrogen-bond acceptors (Lipinski definition) is 5. The van der Waals surface area contributed by atoms with Crippen LogP contribution in [0.2, 0.25) is 0 Å². The molecular formula is C24H35N5OS. The number of rotatable bonds is 9. The number of amides is 1. The summed E-state index contributed by atoms with van der Waals surface area (Å²) in [4.78, 5) is 15.4. The number of hydrogen-bond donors (Lipinski definition) is 1. The van der Waals surface area contributed by atoms with Crippen molar-refractivity contribution in [1.82, 2.24) is 20.1 Å². The van der Waals surface area contributed by atoms with E-state index in [9.17, 15) is 4.79 Å². The molecule has 0 spiro atoms. The topological polar surface area (TPSA) is 63.1 Å². The zero-order valence-corrected chi connectivity index (χ0v) is 19.8. The summed E-state index contributed by atoms with van der Waals surface area (Å²) in [5, 5.41) is 13.0. The lowest BCUT2D eigenvalue weighted by Crippen LogP contribution is -2.35. The Kier molecular flexibility index (Phi) is 7.20. The van der Waals surface area contributed by atoms with Crippen molar-refractivity contribution in [2.24, 2.45) is 5.92 Å². The zero-order valence-electron chi connectivity index (χ0n) is 19.0. The lowest BCUT2D eigenvalue weighted by molar-refractivity contribution is -0.121. The van der Waals surface area contributed by atoms with E-state index >= 15 is 0 Å². The molecule has 0 bridgehead atoms. The number of nitrogens with zero attached hydrogens (tertiary/aromatic N) is 4. The molecule has 2 aliphatic rings. The normalized spacial score (nSPS) is 19.3. The molecular weight excluding hydrogens is 406 g/mol. The second kappa shape index (κ2) is 10.1. The maximum absolute atomic E-state index is 13.0. The highest BCUT2D eigenvalue weighted by Crippen LogP contribution is 2.42. The van der Waals surface area contributed by atoms with Gasteiger partial charge in [0.05, 0.1) is 11.3 Å². The highest BCUT2D eigenvalue weighted by molar-refractivity contribution is 8.00. The molecule has 2 aromatic rings. The first-order valence-electron chi connectivity index (χ1n) is 11.8. The summed E-state index contributed by atoms with van der Waals surface area (Å²) in [7, 11) is 0. The van der Waals surface area contributed by atoms with Crippen molar-refractivity contribution in [2.75, 3.05) is 18.0 Å². The molecule has 1 aromatic carbocycles. The van der Waals surface area contributed by atoms with Crippen LogP contribution >= 0.6 is 11.8 Å². The summed E-state index contributed by atoms with van der Waals surface area (Å²) in [6.07, 6.45) is 6.72. The van der Waals surface area contributed by atoms with Crippen LogP contribution in [0.4, 0.5) is 5.95 Å². The summed E-state index contributed by atoms with van der Waals surface area (Å²) in [6.45, 7) is 8.54. The van der Waals surface area contributed by atoms with Crippen LogP contribution in [-0.4, -0.2) is 39.0 Å². The highest BCUT2D eigenvalue weighted by Gasteiger charge is 2.33. The van der Waals surface area contributed by atoms with Gasteiger partial charge in [-0.15, -0.1) is 10.2 Å². The largest absolute Gasteiger partial charge is 0.348 e. The molecule has 1 aromatic heterocycles. The molecule has 1 aliphatic carbocycles. The van der Waals surface area contributed by atoms with E-state index in [1.165, 1.54) is 37.4 Å². The van der Waals surface area contributed by atoms with E-state index in [-0.39, 0.29) is 17.2 Å². The molecule has 7 heteroatoms. The molecule has 168 valence electrons. The van der Waals surface area contributed by atoms with Gasteiger partial charge in [-0.1, -0.05) is 62.4 Å². The third kappa shape index (κ3) is 5.43. The Morgan fingerprint density at radius 2 is 1.87 bits per heavy atom. The Morgan fingerprint density at radius 3 is 2.52 bits per heavy atom. The van der Waals surface area contributed by atoms with Gasteiger partial charge in [0.15, 0.2) is 5.16 Å². The molecule has 0 radical (unpaired) electrons. The van der Waals surface area contributed by atoms with Gasteiger partial charge in [0.2, 0.25) is 11.9 Å². The van der Waals surface area contributed by atoms with Crippen molar-refractivity contribution in [1.29, 1.82) is 0 Å². The van der Waals surface area contributed by atoms with Crippen molar-refractivity contribution in [3.63, 3.8) is 0 Å². The highest BCUT2D eigenvalue weighted by atomic mass is 32.2. The van der Waals surface area contributed by atoms with Crippen LogP contribution in [0.15, 0.2) is 35.5 Å². The quantitative estimate of drug-likeness (QED) is 0.556. The average molecular weight is 442 g/mol. The van der Waals surface area contributed by atoms with Crippen LogP contribution in [0.1, 0.15) is 76.9 Å². The van der Waals surface area contributed by atoms with E-state index in [1.807, 2.05) is 25.1 Å². The standard InChI is InChI=1S/C24H35N5OS/c1-4-8-21(19-9-6-5-7-10-19)25-22(30)18(3)31-24-27-26-23(29(24)20-11-12-20)28-15-13-17(2)14-16-28/h5-7,9-10,17-18,20-21H,4,8,11-16H2,1-3H3,(H,25,30). The number of benzene rings is 1. The number of carbonyl (C=O) groups is 1. The number of carbonyl (C=O) groups excluding carboxylic acids is 1. The molecule has 31 heavy (non-hydrogen) atoms. The van der Waals surface area contributed by atoms with E-state index < -0.39 is 0 Å². The van der Waals surface area contributed by atoms with Gasteiger partial charge in [-0.2, -0.15) is 0 Å². The molecule has 1 aliphatic heterocycles. The van der Waals surface area contributed by atoms with Crippen molar-refractivity contribution >= 4 is 23.6 Å². The Hall–Kier alpha value is -2.02. The number of piperidine rings is 1. The van der Waals surface area contributed by atoms with Gasteiger partial charge in [0, 0.05) is 19.1 Å². The molecule has 2 unspecified atom stereocenters. The minimum Gasteiger partial charge on any atom is -0.348 e. The second-order valence-corrected chi connectivity index (χ2v) is 10.4. The maximum Gasteiger partial charge on any atom is 0.233 e. The molecule has 1 N–H and O–H groups in total. The van der Waals surface area contributed by atoms with Gasteiger partial charge in [-0.3, -0.25) is 9.36 Å². The van der Waals surface area contributed by atoms with E-state index in [4.69, 9.17) is 0 Å². The van der Waals surface area contributed by atoms with Gasteiger partial charge in [0.25, 0.3) is 0 Å². The second-order valence-electron chi connectivity index (χ2n) is 9.07. The van der Waals surface area contributed by atoms with Crippen molar-refractivity contribution in [2.45, 2.75) is 81.8 Å². The molecule has 1 saturated carbocycles. The molecule has 2 fully saturated rings. The van der Waals surface area contributed by atoms with Crippen molar-refractivity contribution in [3.8, 4) is 0 Å². The number of anilines is 1. The van der Waals surface area contributed by atoms with Crippen LogP contribution in [-0.2, 0) is 4.79 Å². The first-order chi connectivity index (χ1) is 15.1. The summed E-state index contributed by atoms with van der Waals surface area (Å²) >= 11 is 1.54. The van der Waals surface area contributed by atoms with Crippen LogP contribution in [0.25, 0.3) is 0 Å². The summed E-state index contributed by atoms with van der Waals surface area (Å²) in [6, 6.07) is 10.8. The van der Waals surface area contributed by atoms with Gasteiger partial charge in [-0.25, -0.2) is 0 Å². The smallest absolute Gasteiger partial charge is 0.233 e. The Labute approximate surface area is 190 Å². The summed E-state index contributed by atoms with van der Waals surface area (Å²) in [5.74, 6) is 1.84. The molecule has 6 nitrogen and oxygen atoms in total. The Bertz CT molecular complexity index is 858. The van der Waals surface area contributed by atoms with Gasteiger partial charge in [-0.05, 0) is 50.5 Å². The SMILES string of the molecule is CCCC(NC(=O)C(C)Sc1nnc(N2CCC(C)CC2)n1C1CC1)c1ccccc1. The van der Waals surface area contributed by atoms with Crippen LogP contribution < -0.4 is 10.2 Å². The van der Waals surface area contributed by atoms with Gasteiger partial charge < -0.3 is 10.2 Å². The fourth-order valence-corrected chi connectivity index (χ4v) is 5.15. The fraction of sp³-hybridized carbons (Fsp3) is 0.625. The van der Waals surface area contributed by atoms with Crippen molar-refractivity contribution in [3.05, 3.63) is 35.9 Å². The predicted molar refractivity (Wildman–Crippen MR) is 126 cm³/mol. The first-order valence-corrected chi connectivity index (χ1v) is 12.7. The van der Waals surface area contributed by atoms with Crippen molar-refractivity contribution < 1.29 is 4.79 Å². The monoisotopic (exact) mass is 441 g/mol. The van der Waals surface area contributed by atoms with Crippen LogP contribution in [0.5, 0.6) is 0 Å². The Morgan fingerprint density at radius 1 is 1.16 bits per heavy atom. The van der Waals surface area contributed by atoms with Crippen LogP contribution in [0.3, 0.4) is 0 Å². The number of nitrogens with one attached hydrogen (secondary N) is 1. The Balaban J connectivity index is 1.44. The lowest BCUT2D eigenvalue weighted by atomic mass is 10.00. The molecule has 1 amide bonds. The third-order valence-electron chi connectivity index (χ3n) is 6.37. The molecule has 2 atom stereocenters. The number of thioether (sulfide) groups is 1. The van der Waals surface area contributed by atoms with E-state index in [2.05, 4.69) is 51.0 Å². The van der Waals surface area contributed by atoms with E-state index in [1.54, 1.807) is 0 Å². The summed E-state index contributed by atoms with van der Waals surface area (Å²) in [5.41, 5.74) is 1.16. The predicted octanol–water partition coefficient (Wildman–Crippen LogP) is 4.99. The van der Waals surface area contributed by atoms with Gasteiger partial charge >= 0.3 is 0 Å². The maximum atomic E-state index is 13.0. The fourth-order valence-electron chi connectivity index (χ4n) is 4.22. The van der Waals surface area contributed by atoms with Gasteiger partial charge in [0.1, 0.15) is 0 Å². The molecule has 2 heterocycles. The average Bonchev–Trinajstić information content (AvgIpc) is 3.54. The lowest BCUT2D eigenvalue weighted by Gasteiger charge is -2.31. The molecule has 4 rings (SSSR count). The minimum atomic E-state index is -0.223. The molecule has 1 saturated heterocycles. The zero-order chi connectivity index (χ0) is 21.8.